The fourth-order valence-electron chi connectivity index (χ4n) is 2.52. The second kappa shape index (κ2) is 5.16. The summed E-state index contributed by atoms with van der Waals surface area (Å²) in [6, 6.07) is 8.93. The number of aromatic nitrogens is 2. The molecule has 0 atom stereocenters. The zero-order valence-corrected chi connectivity index (χ0v) is 11.6. The molecule has 0 saturated carbocycles. The van der Waals surface area contributed by atoms with E-state index in [1.165, 1.54) is 18.2 Å². The Morgan fingerprint density at radius 3 is 2.71 bits per heavy atom. The molecule has 2 N–H and O–H groups in total. The molecule has 0 unspecified atom stereocenters. The zero-order chi connectivity index (χ0) is 15.0. The van der Waals surface area contributed by atoms with E-state index >= 15 is 0 Å². The topological polar surface area (TPSA) is 43.8 Å². The van der Waals surface area contributed by atoms with Crippen LogP contribution in [0.4, 0.5) is 14.5 Å². The minimum atomic E-state index is -0.428. The second-order valence-corrected chi connectivity index (χ2v) is 4.92. The Labute approximate surface area is 121 Å². The maximum atomic E-state index is 14.2. The van der Waals surface area contributed by atoms with E-state index in [2.05, 4.69) is 4.98 Å². The third kappa shape index (κ3) is 2.24. The van der Waals surface area contributed by atoms with Crippen LogP contribution in [0.5, 0.6) is 0 Å². The number of fused-ring (bicyclic) bond motifs is 1. The van der Waals surface area contributed by atoms with Gasteiger partial charge in [0, 0.05) is 18.3 Å². The van der Waals surface area contributed by atoms with E-state index in [4.69, 9.17) is 5.73 Å². The summed E-state index contributed by atoms with van der Waals surface area (Å²) in [4.78, 5) is 4.39. The molecule has 3 nitrogen and oxygen atoms in total. The van der Waals surface area contributed by atoms with Crippen LogP contribution in [0.3, 0.4) is 0 Å². The summed E-state index contributed by atoms with van der Waals surface area (Å²) in [5.41, 5.74) is 7.77. The van der Waals surface area contributed by atoms with Crippen LogP contribution in [0.1, 0.15) is 13.3 Å². The summed E-state index contributed by atoms with van der Waals surface area (Å²) in [5.74, 6) is -0.354. The Kier molecular flexibility index (Phi) is 3.33. The molecule has 0 radical (unpaired) electrons. The first-order valence-electron chi connectivity index (χ1n) is 6.82. The third-order valence-corrected chi connectivity index (χ3v) is 3.43. The SMILES string of the molecule is CCCn1c(-c2c(N)cccc2F)nc2cc(F)ccc21. The molecule has 0 fully saturated rings. The fourth-order valence-corrected chi connectivity index (χ4v) is 2.52. The van der Waals surface area contributed by atoms with Gasteiger partial charge in [0.2, 0.25) is 0 Å². The number of nitrogens with zero attached hydrogens (tertiary/aromatic N) is 2. The summed E-state index contributed by atoms with van der Waals surface area (Å²) in [7, 11) is 0. The van der Waals surface area contributed by atoms with Crippen molar-refractivity contribution in [1.82, 2.24) is 9.55 Å². The molecular weight excluding hydrogens is 272 g/mol. The fraction of sp³-hybridized carbons (Fsp3) is 0.188. The summed E-state index contributed by atoms with van der Waals surface area (Å²) >= 11 is 0. The lowest BCUT2D eigenvalue weighted by Crippen LogP contribution is -2.03. The van der Waals surface area contributed by atoms with Crippen molar-refractivity contribution >= 4 is 16.7 Å². The van der Waals surface area contributed by atoms with E-state index < -0.39 is 5.82 Å². The lowest BCUT2D eigenvalue weighted by molar-refractivity contribution is 0.625. The Hall–Kier alpha value is -2.43. The lowest BCUT2D eigenvalue weighted by atomic mass is 10.1. The average Bonchev–Trinajstić information content (AvgIpc) is 2.77. The Morgan fingerprint density at radius 2 is 2.00 bits per heavy atom. The molecule has 0 aliphatic heterocycles. The van der Waals surface area contributed by atoms with Gasteiger partial charge < -0.3 is 10.3 Å². The number of rotatable bonds is 3. The molecule has 2 aromatic carbocycles. The predicted molar refractivity (Wildman–Crippen MR) is 79.8 cm³/mol. The minimum absolute atomic E-state index is 0.266. The maximum Gasteiger partial charge on any atom is 0.146 e. The van der Waals surface area contributed by atoms with Crippen molar-refractivity contribution in [2.75, 3.05) is 5.73 Å². The van der Waals surface area contributed by atoms with Crippen molar-refractivity contribution in [1.29, 1.82) is 0 Å². The molecule has 3 rings (SSSR count). The van der Waals surface area contributed by atoms with Gasteiger partial charge in [-0.3, -0.25) is 0 Å². The number of nitrogen functional groups attached to an aromatic ring is 1. The zero-order valence-electron chi connectivity index (χ0n) is 11.6. The van der Waals surface area contributed by atoms with Gasteiger partial charge in [-0.1, -0.05) is 13.0 Å². The van der Waals surface area contributed by atoms with E-state index in [1.54, 1.807) is 18.2 Å². The molecule has 0 bridgehead atoms. The van der Waals surface area contributed by atoms with Crippen molar-refractivity contribution in [3.63, 3.8) is 0 Å². The number of hydrogen-bond donors (Lipinski definition) is 1. The largest absolute Gasteiger partial charge is 0.398 e. The molecular formula is C16H15F2N3. The van der Waals surface area contributed by atoms with Gasteiger partial charge in [-0.2, -0.15) is 0 Å². The monoisotopic (exact) mass is 287 g/mol. The van der Waals surface area contributed by atoms with Crippen molar-refractivity contribution in [2.45, 2.75) is 19.9 Å². The number of halogens is 2. The molecule has 3 aromatic rings. The third-order valence-electron chi connectivity index (χ3n) is 3.43. The van der Waals surface area contributed by atoms with E-state index in [0.717, 1.165) is 11.9 Å². The first-order valence-corrected chi connectivity index (χ1v) is 6.82. The second-order valence-electron chi connectivity index (χ2n) is 4.92. The average molecular weight is 287 g/mol. The Balaban J connectivity index is 2.33. The molecule has 0 aliphatic rings. The van der Waals surface area contributed by atoms with Gasteiger partial charge in [-0.15, -0.1) is 0 Å². The van der Waals surface area contributed by atoms with Crippen LogP contribution in [0.25, 0.3) is 22.4 Å². The molecule has 0 spiro atoms. The van der Waals surface area contributed by atoms with Gasteiger partial charge in [0.1, 0.15) is 17.5 Å². The standard InChI is InChI=1S/C16H15F2N3/c1-2-8-21-14-7-6-10(17)9-13(14)20-16(21)15-11(18)4-3-5-12(15)19/h3-7,9H,2,8,19H2,1H3. The molecule has 0 amide bonds. The number of hydrogen-bond acceptors (Lipinski definition) is 2. The van der Waals surface area contributed by atoms with Gasteiger partial charge in [-0.05, 0) is 30.7 Å². The van der Waals surface area contributed by atoms with E-state index in [0.29, 0.717) is 23.6 Å². The van der Waals surface area contributed by atoms with Crippen LogP contribution >= 0.6 is 0 Å². The molecule has 1 aromatic heterocycles. The van der Waals surface area contributed by atoms with Crippen molar-refractivity contribution in [3.05, 3.63) is 48.0 Å². The van der Waals surface area contributed by atoms with Crippen LogP contribution in [0.15, 0.2) is 36.4 Å². The van der Waals surface area contributed by atoms with Crippen molar-refractivity contribution < 1.29 is 8.78 Å². The quantitative estimate of drug-likeness (QED) is 0.741. The van der Waals surface area contributed by atoms with Gasteiger partial charge in [0.05, 0.1) is 16.6 Å². The van der Waals surface area contributed by atoms with Crippen molar-refractivity contribution in [3.8, 4) is 11.4 Å². The summed E-state index contributed by atoms with van der Waals surface area (Å²) < 4.78 is 29.4. The maximum absolute atomic E-state index is 14.2. The highest BCUT2D eigenvalue weighted by Gasteiger charge is 2.18. The predicted octanol–water partition coefficient (Wildman–Crippen LogP) is 3.97. The van der Waals surface area contributed by atoms with Crippen LogP contribution < -0.4 is 5.73 Å². The number of aryl methyl sites for hydroxylation is 1. The first kappa shape index (κ1) is 13.5. The van der Waals surface area contributed by atoms with Gasteiger partial charge in [0.15, 0.2) is 0 Å². The van der Waals surface area contributed by atoms with Gasteiger partial charge in [-0.25, -0.2) is 13.8 Å². The van der Waals surface area contributed by atoms with E-state index in [1.807, 2.05) is 11.5 Å². The minimum Gasteiger partial charge on any atom is -0.398 e. The molecule has 0 saturated heterocycles. The number of benzene rings is 2. The highest BCUT2D eigenvalue weighted by atomic mass is 19.1. The van der Waals surface area contributed by atoms with Crippen LogP contribution in [0, 0.1) is 11.6 Å². The summed E-state index contributed by atoms with van der Waals surface area (Å²) in [6.45, 7) is 2.68. The highest BCUT2D eigenvalue weighted by Crippen LogP contribution is 2.31. The smallest absolute Gasteiger partial charge is 0.146 e. The Bertz CT molecular complexity index is 788. The number of imidazole rings is 1. The van der Waals surface area contributed by atoms with E-state index in [9.17, 15) is 8.78 Å². The van der Waals surface area contributed by atoms with Gasteiger partial charge >= 0.3 is 0 Å². The van der Waals surface area contributed by atoms with Crippen LogP contribution in [-0.2, 0) is 6.54 Å². The van der Waals surface area contributed by atoms with Gasteiger partial charge in [0.25, 0.3) is 0 Å². The Morgan fingerprint density at radius 1 is 1.19 bits per heavy atom. The molecule has 108 valence electrons. The molecule has 0 aliphatic carbocycles. The highest BCUT2D eigenvalue weighted by molar-refractivity contribution is 5.83. The van der Waals surface area contributed by atoms with Crippen LogP contribution in [-0.4, -0.2) is 9.55 Å². The number of nitrogens with two attached hydrogens (primary N) is 1. The summed E-state index contributed by atoms with van der Waals surface area (Å²) in [5, 5.41) is 0. The molecule has 21 heavy (non-hydrogen) atoms. The normalized spacial score (nSPS) is 11.2. The summed E-state index contributed by atoms with van der Waals surface area (Å²) in [6.07, 6.45) is 0.851. The molecule has 5 heteroatoms. The van der Waals surface area contributed by atoms with E-state index in [-0.39, 0.29) is 11.4 Å². The molecule has 1 heterocycles. The van der Waals surface area contributed by atoms with Crippen molar-refractivity contribution in [2.24, 2.45) is 0 Å². The lowest BCUT2D eigenvalue weighted by Gasteiger charge is -2.10. The number of anilines is 1. The first-order chi connectivity index (χ1) is 10.1. The van der Waals surface area contributed by atoms with Crippen LogP contribution in [0.2, 0.25) is 0 Å².